The van der Waals surface area contributed by atoms with Crippen LogP contribution in [-0.2, 0) is 26.1 Å². The molecular formula is C24H29N3O4S. The van der Waals surface area contributed by atoms with Crippen molar-refractivity contribution in [1.29, 1.82) is 0 Å². The van der Waals surface area contributed by atoms with Crippen LogP contribution in [0.1, 0.15) is 12.0 Å². The number of likely N-dealkylation sites (N-methyl/N-ethyl adjacent to an activating group) is 1. The van der Waals surface area contributed by atoms with Crippen molar-refractivity contribution in [2.45, 2.75) is 17.9 Å². The van der Waals surface area contributed by atoms with Crippen molar-refractivity contribution in [3.8, 4) is 11.1 Å². The van der Waals surface area contributed by atoms with Crippen LogP contribution in [0.25, 0.3) is 11.1 Å². The lowest BCUT2D eigenvalue weighted by molar-refractivity contribution is -0.117. The minimum absolute atomic E-state index is 0.151. The standard InChI is InChI=1S/C24H29N3O4S/c1-25-24(28)22-10-12-27(13-11-22)32(29,30)23-8-6-21(7-9-23)20-4-2-19(3-5-20)18-26-14-16-31-17-15-26/h2-10H,11-18H2,1H3,(H,25,28). The first-order valence-corrected chi connectivity index (χ1v) is 12.3. The summed E-state index contributed by atoms with van der Waals surface area (Å²) in [6.45, 7) is 4.90. The van der Waals surface area contributed by atoms with Gasteiger partial charge in [-0.25, -0.2) is 8.42 Å². The van der Waals surface area contributed by atoms with Crippen LogP contribution in [0.2, 0.25) is 0 Å². The van der Waals surface area contributed by atoms with E-state index in [1.807, 2.05) is 12.1 Å². The van der Waals surface area contributed by atoms with Gasteiger partial charge in [-0.3, -0.25) is 9.69 Å². The molecule has 170 valence electrons. The fourth-order valence-corrected chi connectivity index (χ4v) is 5.40. The van der Waals surface area contributed by atoms with Crippen LogP contribution in [0, 0.1) is 0 Å². The molecule has 0 radical (unpaired) electrons. The third-order valence-electron chi connectivity index (χ3n) is 5.98. The predicted molar refractivity (Wildman–Crippen MR) is 123 cm³/mol. The van der Waals surface area contributed by atoms with E-state index >= 15 is 0 Å². The van der Waals surface area contributed by atoms with E-state index < -0.39 is 10.0 Å². The number of carbonyl (C=O) groups is 1. The Morgan fingerprint density at radius 2 is 1.59 bits per heavy atom. The van der Waals surface area contributed by atoms with E-state index in [0.717, 1.165) is 44.0 Å². The molecule has 0 aromatic heterocycles. The first-order chi connectivity index (χ1) is 15.5. The van der Waals surface area contributed by atoms with E-state index in [2.05, 4.69) is 34.5 Å². The second-order valence-corrected chi connectivity index (χ2v) is 9.97. The molecule has 7 nitrogen and oxygen atoms in total. The molecule has 8 heteroatoms. The van der Waals surface area contributed by atoms with E-state index in [1.54, 1.807) is 25.3 Å². The highest BCUT2D eigenvalue weighted by Gasteiger charge is 2.27. The molecule has 2 aliphatic rings. The van der Waals surface area contributed by atoms with Gasteiger partial charge in [0.05, 0.1) is 18.1 Å². The Kier molecular flexibility index (Phi) is 7.05. The highest BCUT2D eigenvalue weighted by molar-refractivity contribution is 7.89. The molecule has 2 aliphatic heterocycles. The van der Waals surface area contributed by atoms with Crippen molar-refractivity contribution in [3.05, 3.63) is 65.7 Å². The summed E-state index contributed by atoms with van der Waals surface area (Å²) in [5, 5.41) is 2.58. The van der Waals surface area contributed by atoms with E-state index in [1.165, 1.54) is 9.87 Å². The van der Waals surface area contributed by atoms with Crippen LogP contribution in [0.4, 0.5) is 0 Å². The molecule has 0 unspecified atom stereocenters. The Balaban J connectivity index is 1.42. The number of carbonyl (C=O) groups excluding carboxylic acids is 1. The number of benzene rings is 2. The van der Waals surface area contributed by atoms with Crippen LogP contribution in [-0.4, -0.2) is 70.0 Å². The van der Waals surface area contributed by atoms with Gasteiger partial charge >= 0.3 is 0 Å². The second kappa shape index (κ2) is 9.95. The van der Waals surface area contributed by atoms with Gasteiger partial charge in [-0.1, -0.05) is 42.5 Å². The maximum Gasteiger partial charge on any atom is 0.246 e. The summed E-state index contributed by atoms with van der Waals surface area (Å²) in [5.41, 5.74) is 3.91. The normalized spacial score (nSPS) is 18.2. The monoisotopic (exact) mass is 455 g/mol. The van der Waals surface area contributed by atoms with Crippen molar-refractivity contribution in [3.63, 3.8) is 0 Å². The number of rotatable bonds is 6. The Bertz CT molecular complexity index is 1070. The summed E-state index contributed by atoms with van der Waals surface area (Å²) in [5.74, 6) is -0.151. The Hall–Kier alpha value is -2.52. The molecule has 2 aromatic carbocycles. The summed E-state index contributed by atoms with van der Waals surface area (Å²) in [6.07, 6.45) is 2.10. The smallest absolute Gasteiger partial charge is 0.246 e. The molecule has 0 saturated carbocycles. The number of morpholine rings is 1. The number of amides is 1. The molecule has 4 rings (SSSR count). The van der Waals surface area contributed by atoms with Crippen molar-refractivity contribution in [2.75, 3.05) is 46.4 Å². The van der Waals surface area contributed by atoms with Gasteiger partial charge in [-0.05, 0) is 35.2 Å². The molecule has 2 aromatic rings. The largest absolute Gasteiger partial charge is 0.379 e. The second-order valence-electron chi connectivity index (χ2n) is 8.03. The summed E-state index contributed by atoms with van der Waals surface area (Å²) >= 11 is 0. The van der Waals surface area contributed by atoms with Crippen molar-refractivity contribution >= 4 is 15.9 Å². The average molecular weight is 456 g/mol. The molecule has 0 spiro atoms. The minimum Gasteiger partial charge on any atom is -0.379 e. The topological polar surface area (TPSA) is 79.0 Å². The first kappa shape index (κ1) is 22.7. The number of nitrogens with zero attached hydrogens (tertiary/aromatic N) is 2. The molecule has 1 saturated heterocycles. The zero-order valence-corrected chi connectivity index (χ0v) is 19.1. The molecule has 1 N–H and O–H groups in total. The van der Waals surface area contributed by atoms with Crippen molar-refractivity contribution in [1.82, 2.24) is 14.5 Å². The van der Waals surface area contributed by atoms with Gasteiger partial charge in [0, 0.05) is 45.3 Å². The highest BCUT2D eigenvalue weighted by Crippen LogP contribution is 2.25. The van der Waals surface area contributed by atoms with Gasteiger partial charge in [0.25, 0.3) is 0 Å². The van der Waals surface area contributed by atoms with Crippen LogP contribution in [0.5, 0.6) is 0 Å². The number of hydrogen-bond donors (Lipinski definition) is 1. The zero-order valence-electron chi connectivity index (χ0n) is 18.3. The fraction of sp³-hybridized carbons (Fsp3) is 0.375. The van der Waals surface area contributed by atoms with E-state index in [9.17, 15) is 13.2 Å². The maximum atomic E-state index is 13.0. The summed E-state index contributed by atoms with van der Waals surface area (Å²) in [4.78, 5) is 14.4. The summed E-state index contributed by atoms with van der Waals surface area (Å²) in [6, 6.07) is 15.4. The fourth-order valence-electron chi connectivity index (χ4n) is 4.02. The lowest BCUT2D eigenvalue weighted by Crippen LogP contribution is -2.37. The molecule has 0 bridgehead atoms. The summed E-state index contributed by atoms with van der Waals surface area (Å²) in [7, 11) is -2.02. The molecule has 1 fully saturated rings. The molecule has 0 aliphatic carbocycles. The lowest BCUT2D eigenvalue weighted by Gasteiger charge is -2.26. The van der Waals surface area contributed by atoms with Crippen LogP contribution in [0.15, 0.2) is 65.1 Å². The first-order valence-electron chi connectivity index (χ1n) is 10.9. The van der Waals surface area contributed by atoms with Gasteiger partial charge < -0.3 is 10.1 Å². The van der Waals surface area contributed by atoms with Crippen LogP contribution >= 0.6 is 0 Å². The van der Waals surface area contributed by atoms with Gasteiger partial charge in [-0.2, -0.15) is 4.31 Å². The zero-order chi connectivity index (χ0) is 22.6. The molecule has 1 amide bonds. The van der Waals surface area contributed by atoms with E-state index in [4.69, 9.17) is 4.74 Å². The number of nitrogens with one attached hydrogen (secondary N) is 1. The summed E-state index contributed by atoms with van der Waals surface area (Å²) < 4.78 is 32.8. The molecular weight excluding hydrogens is 426 g/mol. The lowest BCUT2D eigenvalue weighted by atomic mass is 10.0. The number of hydrogen-bond acceptors (Lipinski definition) is 5. The predicted octanol–water partition coefficient (Wildman–Crippen LogP) is 2.25. The SMILES string of the molecule is CNC(=O)C1=CCN(S(=O)(=O)c2ccc(-c3ccc(CN4CCOCC4)cc3)cc2)CC1. The van der Waals surface area contributed by atoms with Gasteiger partial charge in [0.2, 0.25) is 15.9 Å². The Morgan fingerprint density at radius 3 is 2.16 bits per heavy atom. The quantitative estimate of drug-likeness (QED) is 0.723. The maximum absolute atomic E-state index is 13.0. The van der Waals surface area contributed by atoms with Crippen LogP contribution in [0.3, 0.4) is 0 Å². The third kappa shape index (κ3) is 5.10. The van der Waals surface area contributed by atoms with Gasteiger partial charge in [0.1, 0.15) is 0 Å². The van der Waals surface area contributed by atoms with Crippen molar-refractivity contribution in [2.24, 2.45) is 0 Å². The van der Waals surface area contributed by atoms with Gasteiger partial charge in [0.15, 0.2) is 0 Å². The molecule has 0 atom stereocenters. The Morgan fingerprint density at radius 1 is 0.969 bits per heavy atom. The number of sulfonamides is 1. The molecule has 2 heterocycles. The van der Waals surface area contributed by atoms with E-state index in [0.29, 0.717) is 18.5 Å². The Labute approximate surface area is 189 Å². The number of ether oxygens (including phenoxy) is 1. The average Bonchev–Trinajstić information content (AvgIpc) is 2.85. The third-order valence-corrected chi connectivity index (χ3v) is 7.86. The van der Waals surface area contributed by atoms with Gasteiger partial charge in [-0.15, -0.1) is 0 Å². The minimum atomic E-state index is -3.60. The highest BCUT2D eigenvalue weighted by atomic mass is 32.2. The van der Waals surface area contributed by atoms with Crippen LogP contribution < -0.4 is 5.32 Å². The van der Waals surface area contributed by atoms with E-state index in [-0.39, 0.29) is 17.3 Å². The molecule has 32 heavy (non-hydrogen) atoms. The van der Waals surface area contributed by atoms with Crippen molar-refractivity contribution < 1.29 is 17.9 Å².